The Morgan fingerprint density at radius 2 is 2.08 bits per heavy atom. The second-order valence-electron chi connectivity index (χ2n) is 2.89. The van der Waals surface area contributed by atoms with Crippen LogP contribution in [-0.2, 0) is 0 Å². The topological polar surface area (TPSA) is 36.9 Å². The molecule has 0 bridgehead atoms. The number of primary amides is 1. The van der Waals surface area contributed by atoms with Gasteiger partial charge in [-0.25, -0.2) is 4.79 Å². The molecule has 2 amide bonds. The van der Waals surface area contributed by atoms with E-state index in [0.717, 1.165) is 11.3 Å². The van der Waals surface area contributed by atoms with Crippen LogP contribution < -0.4 is 10.2 Å². The summed E-state index contributed by atoms with van der Waals surface area (Å²) in [4.78, 5) is 12.9. The normalized spacial score (nSPS) is 9.77. The SMILES string of the molecule is [CH2-][NH2+]C(=O)N(C)c1ccccc1C. The van der Waals surface area contributed by atoms with Crippen LogP contribution in [-0.4, -0.2) is 13.1 Å². The Balaban J connectivity index is 2.95. The Kier molecular flexibility index (Phi) is 3.03. The number of rotatable bonds is 1. The first-order valence-corrected chi connectivity index (χ1v) is 4.12. The summed E-state index contributed by atoms with van der Waals surface area (Å²) >= 11 is 0. The molecule has 1 aromatic rings. The second-order valence-corrected chi connectivity index (χ2v) is 2.89. The van der Waals surface area contributed by atoms with Crippen LogP contribution in [0.25, 0.3) is 0 Å². The fourth-order valence-corrected chi connectivity index (χ4v) is 1.20. The van der Waals surface area contributed by atoms with Crippen LogP contribution in [0, 0.1) is 14.0 Å². The number of hydrogen-bond acceptors (Lipinski definition) is 1. The number of aryl methyl sites for hydroxylation is 1. The van der Waals surface area contributed by atoms with E-state index in [1.165, 1.54) is 5.32 Å². The smallest absolute Gasteiger partial charge is 0.393 e. The number of quaternary nitrogens is 1. The van der Waals surface area contributed by atoms with Crippen molar-refractivity contribution in [3.63, 3.8) is 0 Å². The molecule has 1 aromatic carbocycles. The van der Waals surface area contributed by atoms with Gasteiger partial charge in [-0.2, -0.15) is 0 Å². The number of amides is 2. The zero-order valence-corrected chi connectivity index (χ0v) is 7.95. The summed E-state index contributed by atoms with van der Waals surface area (Å²) in [5.41, 5.74) is 2.01. The minimum atomic E-state index is -0.0886. The molecule has 13 heavy (non-hydrogen) atoms. The monoisotopic (exact) mass is 178 g/mol. The van der Waals surface area contributed by atoms with Crippen LogP contribution in [0.5, 0.6) is 0 Å². The summed E-state index contributed by atoms with van der Waals surface area (Å²) in [6.07, 6.45) is 0. The fourth-order valence-electron chi connectivity index (χ4n) is 1.20. The molecule has 0 aliphatic carbocycles. The van der Waals surface area contributed by atoms with Crippen molar-refractivity contribution >= 4 is 11.7 Å². The average molecular weight is 178 g/mol. The van der Waals surface area contributed by atoms with Gasteiger partial charge < -0.3 is 5.32 Å². The van der Waals surface area contributed by atoms with Gasteiger partial charge in [0.25, 0.3) is 0 Å². The van der Waals surface area contributed by atoms with E-state index in [-0.39, 0.29) is 6.03 Å². The van der Waals surface area contributed by atoms with E-state index in [0.29, 0.717) is 0 Å². The zero-order chi connectivity index (χ0) is 9.84. The molecule has 0 radical (unpaired) electrons. The number of anilines is 1. The van der Waals surface area contributed by atoms with Gasteiger partial charge in [0, 0.05) is 7.05 Å². The van der Waals surface area contributed by atoms with Gasteiger partial charge in [-0.3, -0.25) is 4.90 Å². The molecule has 0 saturated heterocycles. The van der Waals surface area contributed by atoms with Crippen LogP contribution in [0.15, 0.2) is 24.3 Å². The molecule has 0 aliphatic rings. The lowest BCUT2D eigenvalue weighted by Crippen LogP contribution is -2.84. The number of para-hydroxylation sites is 1. The molecule has 3 nitrogen and oxygen atoms in total. The van der Waals surface area contributed by atoms with Crippen LogP contribution in [0.2, 0.25) is 0 Å². The highest BCUT2D eigenvalue weighted by Crippen LogP contribution is 2.16. The second kappa shape index (κ2) is 4.05. The van der Waals surface area contributed by atoms with Gasteiger partial charge in [0.15, 0.2) is 0 Å². The summed E-state index contributed by atoms with van der Waals surface area (Å²) in [6, 6.07) is 7.66. The molecule has 0 heterocycles. The molecule has 0 saturated carbocycles. The van der Waals surface area contributed by atoms with Gasteiger partial charge in [-0.15, -0.1) is 7.05 Å². The molecular weight excluding hydrogens is 164 g/mol. The Hall–Kier alpha value is -1.35. The van der Waals surface area contributed by atoms with Crippen LogP contribution in [0.3, 0.4) is 0 Å². The number of carbonyl (C=O) groups excluding carboxylic acids is 1. The molecule has 0 unspecified atom stereocenters. The summed E-state index contributed by atoms with van der Waals surface area (Å²) in [5, 5.41) is 1.31. The average Bonchev–Trinajstić information content (AvgIpc) is 2.16. The maximum absolute atomic E-state index is 11.3. The molecule has 3 heteroatoms. The van der Waals surface area contributed by atoms with E-state index in [4.69, 9.17) is 0 Å². The molecule has 0 spiro atoms. The number of benzene rings is 1. The van der Waals surface area contributed by atoms with Gasteiger partial charge >= 0.3 is 6.03 Å². The first kappa shape index (κ1) is 9.74. The molecule has 0 aliphatic heterocycles. The van der Waals surface area contributed by atoms with Crippen molar-refractivity contribution in [3.8, 4) is 0 Å². The standard InChI is InChI=1S/C10H14N2O/c1-8-6-4-5-7-9(8)12(3)10(13)11-2/h4-7H,2,11H2,1,3H3. The van der Waals surface area contributed by atoms with E-state index in [1.807, 2.05) is 31.2 Å². The van der Waals surface area contributed by atoms with Crippen molar-refractivity contribution < 1.29 is 10.1 Å². The molecule has 0 fully saturated rings. The highest BCUT2D eigenvalue weighted by molar-refractivity contribution is 5.85. The van der Waals surface area contributed by atoms with Crippen LogP contribution in [0.4, 0.5) is 10.5 Å². The molecular formula is C10H14N2O. The van der Waals surface area contributed by atoms with Crippen molar-refractivity contribution in [2.75, 3.05) is 11.9 Å². The molecule has 70 valence electrons. The quantitative estimate of drug-likeness (QED) is 0.637. The number of nitrogens with zero attached hydrogens (tertiary/aromatic N) is 1. The van der Waals surface area contributed by atoms with E-state index in [2.05, 4.69) is 7.05 Å². The van der Waals surface area contributed by atoms with Crippen molar-refractivity contribution in [2.24, 2.45) is 0 Å². The highest BCUT2D eigenvalue weighted by atomic mass is 16.2. The minimum absolute atomic E-state index is 0.0886. The fraction of sp³-hybridized carbons (Fsp3) is 0.200. The van der Waals surface area contributed by atoms with E-state index < -0.39 is 0 Å². The van der Waals surface area contributed by atoms with Crippen LogP contribution in [0.1, 0.15) is 5.56 Å². The van der Waals surface area contributed by atoms with E-state index in [1.54, 1.807) is 11.9 Å². The number of nitrogens with two attached hydrogens (primary N) is 1. The first-order valence-electron chi connectivity index (χ1n) is 4.12. The Morgan fingerprint density at radius 3 is 2.62 bits per heavy atom. The maximum atomic E-state index is 11.3. The van der Waals surface area contributed by atoms with Crippen molar-refractivity contribution in [1.82, 2.24) is 0 Å². The highest BCUT2D eigenvalue weighted by Gasteiger charge is 2.11. The number of urea groups is 1. The van der Waals surface area contributed by atoms with E-state index >= 15 is 0 Å². The van der Waals surface area contributed by atoms with Crippen molar-refractivity contribution in [1.29, 1.82) is 0 Å². The van der Waals surface area contributed by atoms with Crippen molar-refractivity contribution in [3.05, 3.63) is 36.9 Å². The van der Waals surface area contributed by atoms with Gasteiger partial charge in [0.05, 0.1) is 5.69 Å². The molecule has 0 aromatic heterocycles. The molecule has 1 rings (SSSR count). The predicted molar refractivity (Wildman–Crippen MR) is 52.3 cm³/mol. The number of carbonyl (C=O) groups is 1. The first-order chi connectivity index (χ1) is 6.16. The third-order valence-corrected chi connectivity index (χ3v) is 1.98. The van der Waals surface area contributed by atoms with Gasteiger partial charge in [-0.1, -0.05) is 18.2 Å². The third kappa shape index (κ3) is 2.06. The van der Waals surface area contributed by atoms with Gasteiger partial charge in [0.2, 0.25) is 0 Å². The summed E-state index contributed by atoms with van der Waals surface area (Å²) in [7, 11) is 5.19. The van der Waals surface area contributed by atoms with Crippen molar-refractivity contribution in [2.45, 2.75) is 6.92 Å². The van der Waals surface area contributed by atoms with Gasteiger partial charge in [-0.05, 0) is 18.6 Å². The van der Waals surface area contributed by atoms with Crippen LogP contribution >= 0.6 is 0 Å². The lowest BCUT2D eigenvalue weighted by atomic mass is 10.2. The Labute approximate surface area is 78.4 Å². The zero-order valence-electron chi connectivity index (χ0n) is 7.95. The molecule has 0 atom stereocenters. The summed E-state index contributed by atoms with van der Waals surface area (Å²) < 4.78 is 0. The maximum Gasteiger partial charge on any atom is 0.393 e. The molecule has 2 N–H and O–H groups in total. The Bertz CT molecular complexity index is 310. The predicted octanol–water partition coefficient (Wildman–Crippen LogP) is 0.906. The summed E-state index contributed by atoms with van der Waals surface area (Å²) in [6.45, 7) is 1.97. The van der Waals surface area contributed by atoms with E-state index in [9.17, 15) is 4.79 Å². The minimum Gasteiger partial charge on any atom is -0.394 e. The number of hydrogen-bond donors (Lipinski definition) is 1. The summed E-state index contributed by atoms with van der Waals surface area (Å²) in [5.74, 6) is 0. The lowest BCUT2D eigenvalue weighted by Gasteiger charge is -2.17. The van der Waals surface area contributed by atoms with Gasteiger partial charge in [0.1, 0.15) is 0 Å². The largest absolute Gasteiger partial charge is 0.394 e. The Morgan fingerprint density at radius 1 is 1.46 bits per heavy atom. The lowest BCUT2D eigenvalue weighted by molar-refractivity contribution is -0.487. The third-order valence-electron chi connectivity index (χ3n) is 1.98.